The number of rotatable bonds is 4. The van der Waals surface area contributed by atoms with E-state index in [9.17, 15) is 4.79 Å². The third-order valence-electron chi connectivity index (χ3n) is 4.22. The van der Waals surface area contributed by atoms with Crippen molar-refractivity contribution in [2.24, 2.45) is 5.73 Å². The number of pyridine rings is 1. The molecule has 1 saturated heterocycles. The predicted octanol–water partition coefficient (Wildman–Crippen LogP) is 0.897. The van der Waals surface area contributed by atoms with Crippen molar-refractivity contribution in [1.82, 2.24) is 15.2 Å². The topological polar surface area (TPSA) is 71.2 Å². The first kappa shape index (κ1) is 13.5. The minimum Gasteiger partial charge on any atom is -0.349 e. The van der Waals surface area contributed by atoms with Crippen molar-refractivity contribution in [3.05, 3.63) is 29.6 Å². The number of amides is 1. The van der Waals surface area contributed by atoms with E-state index in [-0.39, 0.29) is 5.91 Å². The van der Waals surface area contributed by atoms with Crippen molar-refractivity contribution in [2.75, 3.05) is 13.1 Å². The Balaban J connectivity index is 1.53. The quantitative estimate of drug-likeness (QED) is 0.855. The maximum atomic E-state index is 12.2. The van der Waals surface area contributed by atoms with E-state index in [4.69, 9.17) is 5.73 Å². The summed E-state index contributed by atoms with van der Waals surface area (Å²) >= 11 is 0. The van der Waals surface area contributed by atoms with Gasteiger partial charge in [-0.25, -0.2) is 0 Å². The number of nitrogens with one attached hydrogen (secondary N) is 1. The van der Waals surface area contributed by atoms with E-state index in [2.05, 4.69) is 15.2 Å². The van der Waals surface area contributed by atoms with Gasteiger partial charge in [-0.05, 0) is 37.8 Å². The highest BCUT2D eigenvalue weighted by Gasteiger charge is 2.32. The first-order valence-electron chi connectivity index (χ1n) is 7.46. The highest BCUT2D eigenvalue weighted by Crippen LogP contribution is 2.29. The number of hydrogen-bond donors (Lipinski definition) is 2. The third kappa shape index (κ3) is 3.16. The molecule has 3 N–H and O–H groups in total. The minimum atomic E-state index is -0.00743. The van der Waals surface area contributed by atoms with Crippen LogP contribution in [-0.2, 0) is 6.54 Å². The average molecular weight is 274 g/mol. The van der Waals surface area contributed by atoms with Crippen LogP contribution < -0.4 is 11.1 Å². The Hall–Kier alpha value is -1.46. The molecule has 0 spiro atoms. The molecule has 2 fully saturated rings. The van der Waals surface area contributed by atoms with Crippen LogP contribution in [-0.4, -0.2) is 41.0 Å². The van der Waals surface area contributed by atoms with Crippen LogP contribution in [0.2, 0.25) is 0 Å². The number of hydrogen-bond acceptors (Lipinski definition) is 4. The van der Waals surface area contributed by atoms with Gasteiger partial charge in [0.15, 0.2) is 0 Å². The minimum absolute atomic E-state index is 0.00743. The number of carbonyl (C=O) groups excluding carboxylic acids is 1. The molecule has 1 aliphatic carbocycles. The molecule has 2 heterocycles. The van der Waals surface area contributed by atoms with E-state index in [1.807, 2.05) is 0 Å². The van der Waals surface area contributed by atoms with Crippen molar-refractivity contribution >= 4 is 5.91 Å². The molecule has 1 aromatic heterocycles. The summed E-state index contributed by atoms with van der Waals surface area (Å²) in [6.45, 7) is 2.58. The van der Waals surface area contributed by atoms with Crippen molar-refractivity contribution in [3.63, 3.8) is 0 Å². The van der Waals surface area contributed by atoms with Crippen LogP contribution in [0.1, 0.15) is 41.7 Å². The number of carbonyl (C=O) groups is 1. The maximum Gasteiger partial charge on any atom is 0.251 e. The molecule has 5 heteroatoms. The van der Waals surface area contributed by atoms with E-state index in [0.717, 1.165) is 37.7 Å². The van der Waals surface area contributed by atoms with Gasteiger partial charge < -0.3 is 16.0 Å². The smallest absolute Gasteiger partial charge is 0.251 e. The lowest BCUT2D eigenvalue weighted by Gasteiger charge is -2.32. The second-order valence-corrected chi connectivity index (χ2v) is 5.75. The number of aromatic nitrogens is 1. The lowest BCUT2D eigenvalue weighted by molar-refractivity contribution is 0.0909. The Labute approximate surface area is 119 Å². The summed E-state index contributed by atoms with van der Waals surface area (Å²) in [6, 6.07) is 4.65. The summed E-state index contributed by atoms with van der Waals surface area (Å²) in [6.07, 6.45) is 6.47. The number of likely N-dealkylation sites (tertiary alicyclic amines) is 1. The molecule has 20 heavy (non-hydrogen) atoms. The Bertz CT molecular complexity index is 479. The van der Waals surface area contributed by atoms with E-state index >= 15 is 0 Å². The van der Waals surface area contributed by atoms with Gasteiger partial charge >= 0.3 is 0 Å². The number of nitrogens with two attached hydrogens (primary N) is 1. The normalized spacial score (nSPS) is 20.9. The van der Waals surface area contributed by atoms with Crippen molar-refractivity contribution in [2.45, 2.75) is 44.3 Å². The Morgan fingerprint density at radius 2 is 2.10 bits per heavy atom. The molecule has 108 valence electrons. The van der Waals surface area contributed by atoms with Gasteiger partial charge in [0.2, 0.25) is 0 Å². The molecule has 2 aliphatic rings. The molecule has 0 bridgehead atoms. The molecular weight excluding hydrogens is 252 g/mol. The van der Waals surface area contributed by atoms with Gasteiger partial charge in [0.05, 0.1) is 5.69 Å². The van der Waals surface area contributed by atoms with E-state index in [1.165, 1.54) is 12.8 Å². The molecule has 3 rings (SSSR count). The zero-order chi connectivity index (χ0) is 13.9. The molecule has 0 atom stereocenters. The second-order valence-electron chi connectivity index (χ2n) is 5.75. The lowest BCUT2D eigenvalue weighted by atomic mass is 10.0. The first-order chi connectivity index (χ1) is 9.76. The van der Waals surface area contributed by atoms with Crippen molar-refractivity contribution < 1.29 is 4.79 Å². The molecule has 1 amide bonds. The van der Waals surface area contributed by atoms with Crippen LogP contribution in [0, 0.1) is 0 Å². The van der Waals surface area contributed by atoms with E-state index in [1.54, 1.807) is 18.3 Å². The fraction of sp³-hybridized carbons (Fsp3) is 0.600. The van der Waals surface area contributed by atoms with Crippen LogP contribution >= 0.6 is 0 Å². The van der Waals surface area contributed by atoms with Crippen molar-refractivity contribution in [3.8, 4) is 0 Å². The van der Waals surface area contributed by atoms with Gasteiger partial charge in [-0.1, -0.05) is 0 Å². The highest BCUT2D eigenvalue weighted by atomic mass is 16.1. The van der Waals surface area contributed by atoms with Crippen molar-refractivity contribution in [1.29, 1.82) is 0 Å². The summed E-state index contributed by atoms with van der Waals surface area (Å²) in [7, 11) is 0. The molecule has 1 aliphatic heterocycles. The summed E-state index contributed by atoms with van der Waals surface area (Å²) in [4.78, 5) is 18.9. The standard InChI is InChI=1S/C15H22N4O/c16-10-13-9-11(3-6-17-13)15(20)18-12-4-7-19(8-5-12)14-1-2-14/h3,6,9,12,14H,1-2,4-5,7-8,10,16H2,(H,18,20). The van der Waals surface area contributed by atoms with E-state index < -0.39 is 0 Å². The maximum absolute atomic E-state index is 12.2. The molecule has 1 aromatic rings. The molecular formula is C15H22N4O. The van der Waals surface area contributed by atoms with Gasteiger partial charge in [-0.2, -0.15) is 0 Å². The molecule has 1 saturated carbocycles. The fourth-order valence-electron chi connectivity index (χ4n) is 2.85. The average Bonchev–Trinajstić information content (AvgIpc) is 3.33. The highest BCUT2D eigenvalue weighted by molar-refractivity contribution is 5.94. The third-order valence-corrected chi connectivity index (χ3v) is 4.22. The Morgan fingerprint density at radius 1 is 1.35 bits per heavy atom. The van der Waals surface area contributed by atoms with Gasteiger partial charge in [0.1, 0.15) is 0 Å². The SMILES string of the molecule is NCc1cc(C(=O)NC2CCN(C3CC3)CC2)ccn1. The Kier molecular flexibility index (Phi) is 3.98. The van der Waals surface area contributed by atoms with Gasteiger partial charge in [0, 0.05) is 43.5 Å². The van der Waals surface area contributed by atoms with Crippen LogP contribution in [0.15, 0.2) is 18.3 Å². The van der Waals surface area contributed by atoms with Gasteiger partial charge in [-0.3, -0.25) is 9.78 Å². The fourth-order valence-corrected chi connectivity index (χ4v) is 2.85. The first-order valence-corrected chi connectivity index (χ1v) is 7.46. The van der Waals surface area contributed by atoms with Crippen LogP contribution in [0.3, 0.4) is 0 Å². The lowest BCUT2D eigenvalue weighted by Crippen LogP contribution is -2.45. The molecule has 5 nitrogen and oxygen atoms in total. The largest absolute Gasteiger partial charge is 0.349 e. The van der Waals surface area contributed by atoms with E-state index in [0.29, 0.717) is 18.2 Å². The molecule has 0 aromatic carbocycles. The Morgan fingerprint density at radius 3 is 2.75 bits per heavy atom. The van der Waals surface area contributed by atoms with Crippen LogP contribution in [0.25, 0.3) is 0 Å². The predicted molar refractivity (Wildman–Crippen MR) is 77.2 cm³/mol. The van der Waals surface area contributed by atoms with Gasteiger partial charge in [-0.15, -0.1) is 0 Å². The summed E-state index contributed by atoms with van der Waals surface area (Å²) in [5, 5.41) is 3.13. The monoisotopic (exact) mass is 274 g/mol. The molecule has 0 radical (unpaired) electrons. The summed E-state index contributed by atoms with van der Waals surface area (Å²) < 4.78 is 0. The summed E-state index contributed by atoms with van der Waals surface area (Å²) in [5.41, 5.74) is 6.96. The zero-order valence-corrected chi connectivity index (χ0v) is 11.7. The van der Waals surface area contributed by atoms with Gasteiger partial charge in [0.25, 0.3) is 5.91 Å². The summed E-state index contributed by atoms with van der Waals surface area (Å²) in [5.74, 6) is -0.00743. The second kappa shape index (κ2) is 5.89. The zero-order valence-electron chi connectivity index (χ0n) is 11.7. The number of nitrogens with zero attached hydrogens (tertiary/aromatic N) is 2. The number of piperidine rings is 1. The van der Waals surface area contributed by atoms with Crippen LogP contribution in [0.5, 0.6) is 0 Å². The molecule has 0 unspecified atom stereocenters. The van der Waals surface area contributed by atoms with Crippen LogP contribution in [0.4, 0.5) is 0 Å².